The van der Waals surface area contributed by atoms with Crippen LogP contribution >= 0.6 is 0 Å². The molecule has 1 aromatic carbocycles. The Morgan fingerprint density at radius 3 is 2.53 bits per heavy atom. The Balaban J connectivity index is 2.25. The SMILES string of the molecule is CC(C)(CN)C(=O)Nc1ccc2c(c1)C(=O)NC2=O. The van der Waals surface area contributed by atoms with Crippen molar-refractivity contribution in [1.29, 1.82) is 0 Å². The molecule has 0 atom stereocenters. The van der Waals surface area contributed by atoms with E-state index in [1.54, 1.807) is 19.9 Å². The highest BCUT2D eigenvalue weighted by atomic mass is 16.2. The molecule has 0 aliphatic carbocycles. The molecular formula is C13H15N3O3. The Morgan fingerprint density at radius 2 is 1.89 bits per heavy atom. The van der Waals surface area contributed by atoms with Gasteiger partial charge in [-0.2, -0.15) is 0 Å². The van der Waals surface area contributed by atoms with E-state index in [9.17, 15) is 14.4 Å². The van der Waals surface area contributed by atoms with Gasteiger partial charge in [0.15, 0.2) is 0 Å². The van der Waals surface area contributed by atoms with Gasteiger partial charge in [-0.15, -0.1) is 0 Å². The number of carbonyl (C=O) groups is 3. The van der Waals surface area contributed by atoms with Crippen molar-refractivity contribution in [3.8, 4) is 0 Å². The van der Waals surface area contributed by atoms with Crippen LogP contribution in [0.2, 0.25) is 0 Å². The maximum atomic E-state index is 12.0. The number of fused-ring (bicyclic) bond motifs is 1. The molecule has 3 amide bonds. The number of nitrogens with two attached hydrogens (primary N) is 1. The van der Waals surface area contributed by atoms with Crippen LogP contribution in [0.5, 0.6) is 0 Å². The zero-order chi connectivity index (χ0) is 14.2. The highest BCUT2D eigenvalue weighted by Gasteiger charge is 2.29. The minimum Gasteiger partial charge on any atom is -0.329 e. The summed E-state index contributed by atoms with van der Waals surface area (Å²) in [6.45, 7) is 3.67. The van der Waals surface area contributed by atoms with E-state index >= 15 is 0 Å². The lowest BCUT2D eigenvalue weighted by Crippen LogP contribution is -2.37. The molecule has 6 nitrogen and oxygen atoms in total. The highest BCUT2D eigenvalue weighted by Crippen LogP contribution is 2.22. The standard InChI is InChI=1S/C13H15N3O3/c1-13(2,6-14)12(19)15-7-3-4-8-9(5-7)11(18)16-10(8)17/h3-5H,6,14H2,1-2H3,(H,15,19)(H,16,17,18). The van der Waals surface area contributed by atoms with Crippen molar-refractivity contribution in [3.05, 3.63) is 29.3 Å². The van der Waals surface area contributed by atoms with Crippen LogP contribution in [-0.4, -0.2) is 24.3 Å². The topological polar surface area (TPSA) is 101 Å². The van der Waals surface area contributed by atoms with Crippen LogP contribution in [0.25, 0.3) is 0 Å². The van der Waals surface area contributed by atoms with E-state index in [2.05, 4.69) is 10.6 Å². The Hall–Kier alpha value is -2.21. The summed E-state index contributed by atoms with van der Waals surface area (Å²) in [4.78, 5) is 34.8. The molecule has 0 unspecified atom stereocenters. The van der Waals surface area contributed by atoms with Crippen LogP contribution in [0.1, 0.15) is 34.6 Å². The van der Waals surface area contributed by atoms with Crippen molar-refractivity contribution in [2.45, 2.75) is 13.8 Å². The summed E-state index contributed by atoms with van der Waals surface area (Å²) in [7, 11) is 0. The molecule has 0 fully saturated rings. The quantitative estimate of drug-likeness (QED) is 0.689. The van der Waals surface area contributed by atoms with Gasteiger partial charge in [-0.1, -0.05) is 0 Å². The smallest absolute Gasteiger partial charge is 0.259 e. The van der Waals surface area contributed by atoms with Gasteiger partial charge in [-0.25, -0.2) is 0 Å². The van der Waals surface area contributed by atoms with E-state index in [1.165, 1.54) is 12.1 Å². The largest absolute Gasteiger partial charge is 0.329 e. The molecule has 19 heavy (non-hydrogen) atoms. The summed E-state index contributed by atoms with van der Waals surface area (Å²) >= 11 is 0. The van der Waals surface area contributed by atoms with Gasteiger partial charge in [0.25, 0.3) is 11.8 Å². The molecule has 1 aromatic rings. The molecule has 0 aromatic heterocycles. The van der Waals surface area contributed by atoms with Crippen LogP contribution in [0.15, 0.2) is 18.2 Å². The molecule has 0 spiro atoms. The number of hydrogen-bond acceptors (Lipinski definition) is 4. The van der Waals surface area contributed by atoms with Gasteiger partial charge < -0.3 is 11.1 Å². The first-order valence-electron chi connectivity index (χ1n) is 5.86. The fourth-order valence-electron chi connectivity index (χ4n) is 1.64. The molecule has 0 saturated heterocycles. The van der Waals surface area contributed by atoms with Gasteiger partial charge in [0.05, 0.1) is 16.5 Å². The van der Waals surface area contributed by atoms with Crippen molar-refractivity contribution in [2.75, 3.05) is 11.9 Å². The van der Waals surface area contributed by atoms with Crippen molar-refractivity contribution in [1.82, 2.24) is 5.32 Å². The summed E-state index contributed by atoms with van der Waals surface area (Å²) < 4.78 is 0. The third-order valence-electron chi connectivity index (χ3n) is 3.12. The number of anilines is 1. The third-order valence-corrected chi connectivity index (χ3v) is 3.12. The van der Waals surface area contributed by atoms with E-state index in [0.717, 1.165) is 0 Å². The fourth-order valence-corrected chi connectivity index (χ4v) is 1.64. The van der Waals surface area contributed by atoms with Gasteiger partial charge in [-0.05, 0) is 32.0 Å². The predicted molar refractivity (Wildman–Crippen MR) is 69.7 cm³/mol. The summed E-state index contributed by atoms with van der Waals surface area (Å²) in [6, 6.07) is 4.59. The summed E-state index contributed by atoms with van der Waals surface area (Å²) in [5, 5.41) is 4.88. The second-order valence-corrected chi connectivity index (χ2v) is 5.09. The van der Waals surface area contributed by atoms with E-state index in [4.69, 9.17) is 5.73 Å². The Bertz CT molecular complexity index is 578. The number of carbonyl (C=O) groups excluding carboxylic acids is 3. The molecule has 1 heterocycles. The van der Waals surface area contributed by atoms with E-state index < -0.39 is 17.2 Å². The Morgan fingerprint density at radius 1 is 1.26 bits per heavy atom. The molecule has 2 rings (SSSR count). The molecule has 1 aliphatic rings. The molecule has 0 saturated carbocycles. The fraction of sp³-hybridized carbons (Fsp3) is 0.308. The molecule has 0 bridgehead atoms. The zero-order valence-corrected chi connectivity index (χ0v) is 10.7. The minimum absolute atomic E-state index is 0.211. The lowest BCUT2D eigenvalue weighted by atomic mass is 9.92. The number of imide groups is 1. The predicted octanol–water partition coefficient (Wildman–Crippen LogP) is 0.494. The van der Waals surface area contributed by atoms with Crippen molar-refractivity contribution < 1.29 is 14.4 Å². The van der Waals surface area contributed by atoms with Crippen molar-refractivity contribution in [3.63, 3.8) is 0 Å². The van der Waals surface area contributed by atoms with Gasteiger partial charge >= 0.3 is 0 Å². The monoisotopic (exact) mass is 261 g/mol. The summed E-state index contributed by atoms with van der Waals surface area (Å²) in [6.07, 6.45) is 0. The Kier molecular flexibility index (Phi) is 3.11. The molecule has 0 radical (unpaired) electrons. The van der Waals surface area contributed by atoms with Crippen LogP contribution in [0.3, 0.4) is 0 Å². The van der Waals surface area contributed by atoms with Crippen molar-refractivity contribution >= 4 is 23.4 Å². The van der Waals surface area contributed by atoms with Crippen LogP contribution in [0, 0.1) is 5.41 Å². The van der Waals surface area contributed by atoms with Gasteiger partial charge in [-0.3, -0.25) is 19.7 Å². The number of amides is 3. The first-order chi connectivity index (χ1) is 8.85. The average Bonchev–Trinajstić information content (AvgIpc) is 2.64. The number of hydrogen-bond donors (Lipinski definition) is 3. The first-order valence-corrected chi connectivity index (χ1v) is 5.86. The lowest BCUT2D eigenvalue weighted by Gasteiger charge is -2.21. The van der Waals surface area contributed by atoms with Gasteiger partial charge in [0, 0.05) is 12.2 Å². The van der Waals surface area contributed by atoms with Gasteiger partial charge in [0.2, 0.25) is 5.91 Å². The molecule has 4 N–H and O–H groups in total. The maximum absolute atomic E-state index is 12.0. The lowest BCUT2D eigenvalue weighted by molar-refractivity contribution is -0.123. The average molecular weight is 261 g/mol. The number of nitrogens with one attached hydrogen (secondary N) is 2. The van der Waals surface area contributed by atoms with Crippen molar-refractivity contribution in [2.24, 2.45) is 11.1 Å². The van der Waals surface area contributed by atoms with E-state index in [0.29, 0.717) is 11.3 Å². The number of benzene rings is 1. The van der Waals surface area contributed by atoms with Crippen LogP contribution in [-0.2, 0) is 4.79 Å². The maximum Gasteiger partial charge on any atom is 0.259 e. The normalized spacial score (nSPS) is 14.1. The number of rotatable bonds is 3. The molecule has 6 heteroatoms. The van der Waals surface area contributed by atoms with E-state index in [1.807, 2.05) is 0 Å². The molecular weight excluding hydrogens is 246 g/mol. The highest BCUT2D eigenvalue weighted by molar-refractivity contribution is 6.22. The van der Waals surface area contributed by atoms with Gasteiger partial charge in [0.1, 0.15) is 0 Å². The summed E-state index contributed by atoms with van der Waals surface area (Å²) in [5.74, 6) is -1.10. The molecule has 1 aliphatic heterocycles. The summed E-state index contributed by atoms with van der Waals surface area (Å²) in [5.41, 5.74) is 5.88. The van der Waals surface area contributed by atoms with E-state index in [-0.39, 0.29) is 18.0 Å². The first kappa shape index (κ1) is 13.2. The second-order valence-electron chi connectivity index (χ2n) is 5.09. The molecule has 100 valence electrons. The second kappa shape index (κ2) is 4.47. The van der Waals surface area contributed by atoms with Crippen LogP contribution < -0.4 is 16.4 Å². The Labute approximate surface area is 110 Å². The van der Waals surface area contributed by atoms with Crippen LogP contribution in [0.4, 0.5) is 5.69 Å². The zero-order valence-electron chi connectivity index (χ0n) is 10.7. The minimum atomic E-state index is -0.697. The third kappa shape index (κ3) is 2.34.